The maximum absolute atomic E-state index is 12.9. The summed E-state index contributed by atoms with van der Waals surface area (Å²) in [4.78, 5) is 39.5. The van der Waals surface area contributed by atoms with Crippen molar-refractivity contribution in [2.24, 2.45) is 0 Å². The van der Waals surface area contributed by atoms with Crippen molar-refractivity contribution in [1.82, 2.24) is 4.90 Å². The molecule has 2 aromatic carbocycles. The normalized spacial score (nSPS) is 16.6. The molecular weight excluding hydrogens is 422 g/mol. The Morgan fingerprint density at radius 1 is 1.03 bits per heavy atom. The van der Waals surface area contributed by atoms with Gasteiger partial charge in [0.25, 0.3) is 11.8 Å². The number of fused-ring (bicyclic) bond motifs is 1. The molecule has 7 nitrogen and oxygen atoms in total. The lowest BCUT2D eigenvalue weighted by atomic mass is 9.94. The third-order valence-electron chi connectivity index (χ3n) is 6.25. The molecule has 0 radical (unpaired) electrons. The Morgan fingerprint density at radius 2 is 1.70 bits per heavy atom. The molecule has 2 amide bonds. The summed E-state index contributed by atoms with van der Waals surface area (Å²) < 4.78 is 16.9. The van der Waals surface area contributed by atoms with Crippen LogP contribution in [0.15, 0.2) is 42.5 Å². The van der Waals surface area contributed by atoms with Gasteiger partial charge in [-0.2, -0.15) is 0 Å². The van der Waals surface area contributed by atoms with Gasteiger partial charge in [-0.3, -0.25) is 19.3 Å². The number of carbonyl (C=O) groups is 3. The molecule has 4 rings (SSSR count). The highest BCUT2D eigenvalue weighted by molar-refractivity contribution is 6.21. The number of hydrogen-bond acceptors (Lipinski definition) is 6. The molecule has 1 aliphatic heterocycles. The molecule has 33 heavy (non-hydrogen) atoms. The molecule has 1 fully saturated rings. The molecule has 0 unspecified atom stereocenters. The molecule has 0 bridgehead atoms. The lowest BCUT2D eigenvalue weighted by molar-refractivity contribution is -0.143. The molecule has 0 N–H and O–H groups in total. The number of amides is 2. The van der Waals surface area contributed by atoms with Crippen molar-refractivity contribution in [3.05, 3.63) is 59.2 Å². The number of methoxy groups -OCH3 is 1. The zero-order chi connectivity index (χ0) is 23.4. The summed E-state index contributed by atoms with van der Waals surface area (Å²) in [5, 5.41) is 0. The number of imide groups is 1. The summed E-state index contributed by atoms with van der Waals surface area (Å²) in [5.41, 5.74) is 1.56. The number of rotatable bonds is 9. The fourth-order valence-electron chi connectivity index (χ4n) is 4.56. The highest BCUT2D eigenvalue weighted by Crippen LogP contribution is 2.36. The average molecular weight is 452 g/mol. The van der Waals surface area contributed by atoms with Gasteiger partial charge in [-0.05, 0) is 62.4 Å². The van der Waals surface area contributed by atoms with Crippen LogP contribution >= 0.6 is 0 Å². The van der Waals surface area contributed by atoms with Gasteiger partial charge in [0.1, 0.15) is 0 Å². The van der Waals surface area contributed by atoms with Gasteiger partial charge in [-0.25, -0.2) is 0 Å². The minimum Gasteiger partial charge on any atom is -0.493 e. The number of nitrogens with zero attached hydrogens (tertiary/aromatic N) is 1. The minimum atomic E-state index is -0.442. The lowest BCUT2D eigenvalue weighted by Gasteiger charge is -2.24. The summed E-state index contributed by atoms with van der Waals surface area (Å²) in [7, 11) is 1.59. The molecule has 174 valence electrons. The molecule has 2 aliphatic rings. The zero-order valence-electron chi connectivity index (χ0n) is 19.0. The van der Waals surface area contributed by atoms with Crippen molar-refractivity contribution in [3.63, 3.8) is 0 Å². The molecule has 7 heteroatoms. The number of benzene rings is 2. The van der Waals surface area contributed by atoms with Crippen LogP contribution in [0.3, 0.4) is 0 Å². The Balaban J connectivity index is 1.62. The summed E-state index contributed by atoms with van der Waals surface area (Å²) in [6.45, 7) is 2.08. The summed E-state index contributed by atoms with van der Waals surface area (Å²) in [5.74, 6) is -0.295. The summed E-state index contributed by atoms with van der Waals surface area (Å²) in [6, 6.07) is 12.3. The third kappa shape index (κ3) is 4.87. The number of carbonyl (C=O) groups excluding carboxylic acids is 3. The fraction of sp³-hybridized carbons (Fsp3) is 0.423. The Labute approximate surface area is 193 Å². The van der Waals surface area contributed by atoms with Crippen molar-refractivity contribution in [2.45, 2.75) is 51.0 Å². The third-order valence-corrected chi connectivity index (χ3v) is 6.25. The van der Waals surface area contributed by atoms with Crippen molar-refractivity contribution in [3.8, 4) is 11.5 Å². The summed E-state index contributed by atoms with van der Waals surface area (Å²) in [6.07, 6.45) is 4.43. The van der Waals surface area contributed by atoms with Crippen LogP contribution in [0.1, 0.15) is 71.2 Å². The highest BCUT2D eigenvalue weighted by atomic mass is 16.5. The molecule has 1 saturated carbocycles. The second kappa shape index (κ2) is 10.1. The predicted octanol–water partition coefficient (Wildman–Crippen LogP) is 4.35. The van der Waals surface area contributed by atoms with Crippen molar-refractivity contribution in [1.29, 1.82) is 0 Å². The van der Waals surface area contributed by atoms with E-state index in [-0.39, 0.29) is 43.5 Å². The SMILES string of the molecule is CCOC(=O)C[C@@H](CN1C(=O)c2ccccc2C1=O)c1ccc(OC)c(OC2CCCC2)c1. The molecule has 1 heterocycles. The van der Waals surface area contributed by atoms with Crippen molar-refractivity contribution >= 4 is 17.8 Å². The maximum atomic E-state index is 12.9. The van der Waals surface area contributed by atoms with Gasteiger partial charge in [0.15, 0.2) is 11.5 Å². The van der Waals surface area contributed by atoms with Crippen LogP contribution in [-0.4, -0.2) is 49.0 Å². The monoisotopic (exact) mass is 451 g/mol. The van der Waals surface area contributed by atoms with Crippen LogP contribution in [0, 0.1) is 0 Å². The zero-order valence-corrected chi connectivity index (χ0v) is 19.0. The molecule has 1 aliphatic carbocycles. The van der Waals surface area contributed by atoms with E-state index in [1.54, 1.807) is 44.4 Å². The van der Waals surface area contributed by atoms with Crippen molar-refractivity contribution < 1.29 is 28.6 Å². The molecule has 0 saturated heterocycles. The van der Waals surface area contributed by atoms with Gasteiger partial charge in [0.05, 0.1) is 37.4 Å². The Morgan fingerprint density at radius 3 is 2.30 bits per heavy atom. The van der Waals surface area contributed by atoms with E-state index in [1.807, 2.05) is 12.1 Å². The quantitative estimate of drug-likeness (QED) is 0.416. The lowest BCUT2D eigenvalue weighted by Crippen LogP contribution is -2.34. The van der Waals surface area contributed by atoms with Crippen LogP contribution < -0.4 is 9.47 Å². The van der Waals surface area contributed by atoms with Gasteiger partial charge in [0.2, 0.25) is 0 Å². The first-order valence-corrected chi connectivity index (χ1v) is 11.5. The van der Waals surface area contributed by atoms with E-state index in [4.69, 9.17) is 14.2 Å². The first-order chi connectivity index (χ1) is 16.0. The van der Waals surface area contributed by atoms with Crippen LogP contribution in [-0.2, 0) is 9.53 Å². The second-order valence-electron chi connectivity index (χ2n) is 8.41. The second-order valence-corrected chi connectivity index (χ2v) is 8.41. The van der Waals surface area contributed by atoms with Crippen molar-refractivity contribution in [2.75, 3.05) is 20.3 Å². The largest absolute Gasteiger partial charge is 0.493 e. The predicted molar refractivity (Wildman–Crippen MR) is 122 cm³/mol. The maximum Gasteiger partial charge on any atom is 0.306 e. The van der Waals surface area contributed by atoms with E-state index in [1.165, 1.54) is 4.90 Å². The van der Waals surface area contributed by atoms with Gasteiger partial charge >= 0.3 is 5.97 Å². The first-order valence-electron chi connectivity index (χ1n) is 11.5. The van der Waals surface area contributed by atoms with Crippen LogP contribution in [0.5, 0.6) is 11.5 Å². The standard InChI is InChI=1S/C26H29NO6/c1-3-32-24(28)15-18(16-27-25(29)20-10-6-7-11-21(20)26(27)30)17-12-13-22(31-2)23(14-17)33-19-8-4-5-9-19/h6-7,10-14,18-19H,3-5,8-9,15-16H2,1-2H3/t18-/m0/s1. The Bertz CT molecular complexity index is 1010. The average Bonchev–Trinajstić information content (AvgIpc) is 3.41. The molecule has 0 spiro atoms. The highest BCUT2D eigenvalue weighted by Gasteiger charge is 2.37. The van der Waals surface area contributed by atoms with E-state index in [2.05, 4.69) is 0 Å². The van der Waals surface area contributed by atoms with E-state index in [0.717, 1.165) is 31.2 Å². The molecule has 0 aromatic heterocycles. The first kappa shape index (κ1) is 22.8. The van der Waals surface area contributed by atoms with Crippen LogP contribution in [0.25, 0.3) is 0 Å². The fourth-order valence-corrected chi connectivity index (χ4v) is 4.56. The van der Waals surface area contributed by atoms with E-state index in [9.17, 15) is 14.4 Å². The number of hydrogen-bond donors (Lipinski definition) is 0. The minimum absolute atomic E-state index is 0.0381. The Kier molecular flexibility index (Phi) is 6.96. The van der Waals surface area contributed by atoms with Gasteiger partial charge in [-0.1, -0.05) is 18.2 Å². The van der Waals surface area contributed by atoms with Crippen LogP contribution in [0.2, 0.25) is 0 Å². The molecular formula is C26H29NO6. The molecule has 2 aromatic rings. The van der Waals surface area contributed by atoms with E-state index < -0.39 is 5.92 Å². The molecule has 1 atom stereocenters. The van der Waals surface area contributed by atoms with Gasteiger partial charge in [0, 0.05) is 12.5 Å². The Hall–Kier alpha value is -3.35. The van der Waals surface area contributed by atoms with E-state index >= 15 is 0 Å². The topological polar surface area (TPSA) is 82.1 Å². The number of esters is 1. The summed E-state index contributed by atoms with van der Waals surface area (Å²) >= 11 is 0. The van der Waals surface area contributed by atoms with Crippen LogP contribution in [0.4, 0.5) is 0 Å². The number of ether oxygens (including phenoxy) is 3. The van der Waals surface area contributed by atoms with Gasteiger partial charge in [-0.15, -0.1) is 0 Å². The van der Waals surface area contributed by atoms with E-state index in [0.29, 0.717) is 22.6 Å². The smallest absolute Gasteiger partial charge is 0.306 e. The van der Waals surface area contributed by atoms with Gasteiger partial charge < -0.3 is 14.2 Å².